The second-order valence-corrected chi connectivity index (χ2v) is 11.1. The maximum atomic E-state index is 15.5. The summed E-state index contributed by atoms with van der Waals surface area (Å²) in [5.74, 6) is -4.25. The van der Waals surface area contributed by atoms with Gasteiger partial charge in [0.15, 0.2) is 5.82 Å². The predicted octanol–water partition coefficient (Wildman–Crippen LogP) is 6.46. The van der Waals surface area contributed by atoms with E-state index in [4.69, 9.17) is 16.3 Å². The minimum atomic E-state index is -1.53. The molecule has 0 saturated heterocycles. The molecular weight excluding hydrogens is 583 g/mol. The van der Waals surface area contributed by atoms with E-state index >= 15 is 4.39 Å². The average molecular weight is 612 g/mol. The highest BCUT2D eigenvalue weighted by atomic mass is 35.5. The summed E-state index contributed by atoms with van der Waals surface area (Å²) in [4.78, 5) is 44.5. The second-order valence-electron chi connectivity index (χ2n) is 10.7. The van der Waals surface area contributed by atoms with Crippen molar-refractivity contribution in [2.24, 2.45) is 5.92 Å². The fraction of sp³-hybridized carbons (Fsp3) is 0.312. The van der Waals surface area contributed by atoms with Crippen LogP contribution in [0.2, 0.25) is 5.02 Å². The summed E-state index contributed by atoms with van der Waals surface area (Å²) in [7, 11) is 1.29. The summed E-state index contributed by atoms with van der Waals surface area (Å²) in [6.07, 6.45) is 1.46. The molecule has 7 nitrogen and oxygen atoms in total. The Bertz CT molecular complexity index is 1630. The van der Waals surface area contributed by atoms with E-state index in [-0.39, 0.29) is 48.4 Å². The molecule has 0 aliphatic carbocycles. The molecular formula is C32H29ClF3N3O4. The second kappa shape index (κ2) is 12.6. The van der Waals surface area contributed by atoms with Gasteiger partial charge in [0, 0.05) is 30.1 Å². The number of rotatable bonds is 4. The molecule has 3 aromatic rings. The summed E-state index contributed by atoms with van der Waals surface area (Å²) in [6, 6.07) is 10.2. The molecule has 224 valence electrons. The number of pyridine rings is 1. The van der Waals surface area contributed by atoms with Crippen LogP contribution in [0.1, 0.15) is 49.0 Å². The van der Waals surface area contributed by atoms with Gasteiger partial charge in [0.05, 0.1) is 41.8 Å². The molecule has 11 heteroatoms. The Balaban J connectivity index is 1.55. The van der Waals surface area contributed by atoms with Crippen molar-refractivity contribution in [1.29, 1.82) is 0 Å². The highest BCUT2D eigenvalue weighted by Crippen LogP contribution is 2.38. The molecule has 0 fully saturated rings. The van der Waals surface area contributed by atoms with E-state index in [1.807, 2.05) is 0 Å². The average Bonchev–Trinajstić information content (AvgIpc) is 2.99. The first-order chi connectivity index (χ1) is 20.6. The number of fused-ring (bicyclic) bond motifs is 4. The predicted molar refractivity (Wildman–Crippen MR) is 156 cm³/mol. The van der Waals surface area contributed by atoms with Gasteiger partial charge in [0.2, 0.25) is 11.8 Å². The molecule has 3 heterocycles. The number of alkyl halides is 1. The monoisotopic (exact) mass is 611 g/mol. The van der Waals surface area contributed by atoms with Crippen molar-refractivity contribution in [2.75, 3.05) is 19.0 Å². The minimum Gasteiger partial charge on any atom is -0.469 e. The summed E-state index contributed by atoms with van der Waals surface area (Å²) in [5, 5.41) is 2.57. The number of aromatic nitrogens is 1. The van der Waals surface area contributed by atoms with E-state index in [1.165, 1.54) is 25.0 Å². The number of esters is 1. The van der Waals surface area contributed by atoms with Crippen LogP contribution < -0.4 is 5.32 Å². The molecule has 2 aliphatic rings. The van der Waals surface area contributed by atoms with Crippen LogP contribution >= 0.6 is 11.6 Å². The number of amides is 2. The zero-order valence-electron chi connectivity index (χ0n) is 23.5. The Labute approximate surface area is 251 Å². The first-order valence-electron chi connectivity index (χ1n) is 13.8. The number of nitrogens with one attached hydrogen (secondary N) is 1. The lowest BCUT2D eigenvalue weighted by atomic mass is 9.91. The lowest BCUT2D eigenvalue weighted by Crippen LogP contribution is -2.38. The topological polar surface area (TPSA) is 88.6 Å². The van der Waals surface area contributed by atoms with E-state index in [2.05, 4.69) is 10.3 Å². The van der Waals surface area contributed by atoms with Gasteiger partial charge >= 0.3 is 5.97 Å². The molecule has 2 aliphatic heterocycles. The van der Waals surface area contributed by atoms with Gasteiger partial charge in [0.25, 0.3) is 0 Å². The van der Waals surface area contributed by atoms with Crippen molar-refractivity contribution in [3.63, 3.8) is 0 Å². The third kappa shape index (κ3) is 6.29. The molecule has 43 heavy (non-hydrogen) atoms. The molecule has 0 radical (unpaired) electrons. The smallest absolute Gasteiger partial charge is 0.309 e. The van der Waals surface area contributed by atoms with Gasteiger partial charge in [-0.2, -0.15) is 0 Å². The number of benzene rings is 2. The molecule has 2 bridgehead atoms. The summed E-state index contributed by atoms with van der Waals surface area (Å²) >= 11 is 5.87. The molecule has 5 rings (SSSR count). The van der Waals surface area contributed by atoms with Gasteiger partial charge in [-0.3, -0.25) is 19.4 Å². The van der Waals surface area contributed by atoms with E-state index in [0.717, 1.165) is 12.1 Å². The highest BCUT2D eigenvalue weighted by molar-refractivity contribution is 6.31. The van der Waals surface area contributed by atoms with Crippen LogP contribution in [0, 0.1) is 17.6 Å². The summed E-state index contributed by atoms with van der Waals surface area (Å²) in [5.41, 5.74) is 2.63. The van der Waals surface area contributed by atoms with Gasteiger partial charge in [-0.25, -0.2) is 13.2 Å². The molecule has 2 amide bonds. The van der Waals surface area contributed by atoms with Crippen LogP contribution in [0.5, 0.6) is 0 Å². The molecule has 0 spiro atoms. The summed E-state index contributed by atoms with van der Waals surface area (Å²) in [6.45, 7) is 1.60. The van der Waals surface area contributed by atoms with Crippen molar-refractivity contribution in [1.82, 2.24) is 9.88 Å². The third-order valence-corrected chi connectivity index (χ3v) is 8.26. The van der Waals surface area contributed by atoms with Crippen LogP contribution in [0.15, 0.2) is 54.7 Å². The zero-order chi connectivity index (χ0) is 30.8. The van der Waals surface area contributed by atoms with Crippen molar-refractivity contribution < 1.29 is 32.3 Å². The summed E-state index contributed by atoms with van der Waals surface area (Å²) < 4.78 is 49.5. The Kier molecular flexibility index (Phi) is 8.87. The van der Waals surface area contributed by atoms with Crippen molar-refractivity contribution in [3.8, 4) is 11.1 Å². The maximum Gasteiger partial charge on any atom is 0.309 e. The number of carbonyl (C=O) groups is 3. The number of nitrogens with zero attached hydrogens (tertiary/aromatic N) is 2. The molecule has 1 unspecified atom stereocenters. The van der Waals surface area contributed by atoms with Crippen LogP contribution in [0.3, 0.4) is 0 Å². The van der Waals surface area contributed by atoms with Crippen LogP contribution in [0.25, 0.3) is 16.7 Å². The molecule has 3 atom stereocenters. The SMILES string of the molecule is COC(=O)Cc1ccc2c(c1)NC(=O)[C@H](C)C(F)CC[C@H](N1CCC(c3c(F)ccc(Cl)c3F)=CC1=O)c1cc-2ccn1. The van der Waals surface area contributed by atoms with Gasteiger partial charge in [0.1, 0.15) is 12.0 Å². The molecule has 2 aromatic carbocycles. The van der Waals surface area contributed by atoms with Crippen LogP contribution in [-0.4, -0.2) is 47.5 Å². The van der Waals surface area contributed by atoms with Crippen molar-refractivity contribution >= 4 is 40.6 Å². The van der Waals surface area contributed by atoms with Gasteiger partial charge in [-0.05, 0) is 66.3 Å². The molecule has 1 N–H and O–H groups in total. The number of ether oxygens (including phenoxy) is 1. The van der Waals surface area contributed by atoms with E-state index in [0.29, 0.717) is 28.1 Å². The van der Waals surface area contributed by atoms with Crippen molar-refractivity contribution in [3.05, 3.63) is 88.2 Å². The van der Waals surface area contributed by atoms with Crippen LogP contribution in [-0.2, 0) is 25.5 Å². The van der Waals surface area contributed by atoms with Gasteiger partial charge in [-0.15, -0.1) is 0 Å². The number of hydrogen-bond acceptors (Lipinski definition) is 5. The first-order valence-corrected chi connectivity index (χ1v) is 14.2. The number of methoxy groups -OCH3 is 1. The van der Waals surface area contributed by atoms with E-state index in [9.17, 15) is 23.2 Å². The quantitative estimate of drug-likeness (QED) is 0.270. The number of hydrogen-bond donors (Lipinski definition) is 1. The number of anilines is 1. The van der Waals surface area contributed by atoms with Crippen LogP contribution in [0.4, 0.5) is 18.9 Å². The third-order valence-electron chi connectivity index (χ3n) is 7.97. The Hall–Kier alpha value is -4.18. The normalized spacial score (nSPS) is 20.7. The first kappa shape index (κ1) is 30.3. The van der Waals surface area contributed by atoms with E-state index in [1.54, 1.807) is 36.5 Å². The molecule has 0 saturated carbocycles. The number of carbonyl (C=O) groups excluding carboxylic acids is 3. The lowest BCUT2D eigenvalue weighted by Gasteiger charge is -2.35. The largest absolute Gasteiger partial charge is 0.469 e. The fourth-order valence-electron chi connectivity index (χ4n) is 5.52. The fourth-order valence-corrected chi connectivity index (χ4v) is 5.68. The Morgan fingerprint density at radius 1 is 1.14 bits per heavy atom. The Morgan fingerprint density at radius 2 is 1.93 bits per heavy atom. The van der Waals surface area contributed by atoms with Crippen molar-refractivity contribution in [2.45, 2.75) is 44.8 Å². The van der Waals surface area contributed by atoms with Gasteiger partial charge in [-0.1, -0.05) is 30.7 Å². The maximum absolute atomic E-state index is 15.5. The minimum absolute atomic E-state index is 0.0137. The number of halogens is 4. The zero-order valence-corrected chi connectivity index (χ0v) is 24.3. The van der Waals surface area contributed by atoms with Gasteiger partial charge < -0.3 is 15.0 Å². The Morgan fingerprint density at radius 3 is 2.67 bits per heavy atom. The molecule has 1 aromatic heterocycles. The van der Waals surface area contributed by atoms with E-state index < -0.39 is 47.5 Å². The lowest BCUT2D eigenvalue weighted by molar-refractivity contribution is -0.139. The standard InChI is InChI=1S/C32H29ClF3N3O4/c1-17-23(34)7-8-27(39-12-10-20(16-28(39)40)30-24(35)6-5-22(33)31(30)36)26-15-19(9-11-37-26)21-4-3-18(14-29(41)43-2)13-25(21)38-32(17)42/h3-6,9,11,13,15-17,23,27H,7-8,10,12,14H2,1-2H3,(H,38,42)/t17-,23?,27+/m1/s1. The highest BCUT2D eigenvalue weighted by Gasteiger charge is 2.33.